The van der Waals surface area contributed by atoms with Gasteiger partial charge in [0.1, 0.15) is 0 Å². The number of nitrogens with zero attached hydrogens (tertiary/aromatic N) is 2. The van der Waals surface area contributed by atoms with Crippen LogP contribution in [0.25, 0.3) is 11.3 Å². The summed E-state index contributed by atoms with van der Waals surface area (Å²) in [6.07, 6.45) is 6.78. The minimum Gasteiger partial charge on any atom is -0.307 e. The summed E-state index contributed by atoms with van der Waals surface area (Å²) in [6, 6.07) is 10.8. The van der Waals surface area contributed by atoms with Crippen LogP contribution in [0.5, 0.6) is 0 Å². The Balaban J connectivity index is 0.00000176. The maximum absolute atomic E-state index is 5.39. The van der Waals surface area contributed by atoms with Gasteiger partial charge in [0.05, 0.1) is 5.69 Å². The van der Waals surface area contributed by atoms with Crippen LogP contribution in [0.4, 0.5) is 5.82 Å². The van der Waals surface area contributed by atoms with Gasteiger partial charge < -0.3 is 5.43 Å². The van der Waals surface area contributed by atoms with E-state index in [-0.39, 0.29) is 12.4 Å². The van der Waals surface area contributed by atoms with E-state index >= 15 is 0 Å². The molecule has 0 spiro atoms. The van der Waals surface area contributed by atoms with E-state index in [0.29, 0.717) is 5.82 Å². The van der Waals surface area contributed by atoms with Crippen molar-refractivity contribution in [2.24, 2.45) is 5.84 Å². The van der Waals surface area contributed by atoms with Gasteiger partial charge in [-0.2, -0.15) is 0 Å². The zero-order valence-electron chi connectivity index (χ0n) is 12.9. The van der Waals surface area contributed by atoms with Crippen molar-refractivity contribution in [1.82, 2.24) is 10.2 Å². The van der Waals surface area contributed by atoms with Crippen molar-refractivity contribution in [2.45, 2.75) is 44.9 Å². The molecule has 3 rings (SSSR count). The normalized spacial score (nSPS) is 15.2. The highest BCUT2D eigenvalue weighted by atomic mass is 35.5. The monoisotopic (exact) mass is 318 g/mol. The van der Waals surface area contributed by atoms with Gasteiger partial charge in [0.15, 0.2) is 5.82 Å². The first-order chi connectivity index (χ1) is 10.3. The average molecular weight is 319 g/mol. The van der Waals surface area contributed by atoms with E-state index < -0.39 is 0 Å². The number of aromatic nitrogens is 2. The van der Waals surface area contributed by atoms with Crippen LogP contribution in [0, 0.1) is 6.92 Å². The van der Waals surface area contributed by atoms with Crippen LogP contribution >= 0.6 is 12.4 Å². The van der Waals surface area contributed by atoms with Crippen LogP contribution in [0.3, 0.4) is 0 Å². The van der Waals surface area contributed by atoms with Crippen molar-refractivity contribution in [2.75, 3.05) is 5.43 Å². The van der Waals surface area contributed by atoms with Crippen molar-refractivity contribution in [3.05, 3.63) is 41.5 Å². The predicted molar refractivity (Wildman–Crippen MR) is 93.1 cm³/mol. The second-order valence-electron chi connectivity index (χ2n) is 5.86. The Labute approximate surface area is 137 Å². The minimum absolute atomic E-state index is 0. The average Bonchev–Trinajstić information content (AvgIpc) is 2.56. The van der Waals surface area contributed by atoms with E-state index in [1.807, 2.05) is 13.0 Å². The summed E-state index contributed by atoms with van der Waals surface area (Å²) in [6.45, 7) is 1.98. The van der Waals surface area contributed by atoms with E-state index in [1.165, 1.54) is 37.7 Å². The zero-order valence-corrected chi connectivity index (χ0v) is 13.7. The molecule has 0 amide bonds. The second-order valence-corrected chi connectivity index (χ2v) is 5.86. The molecule has 1 aromatic heterocycles. The number of hydrogen-bond acceptors (Lipinski definition) is 4. The Hall–Kier alpha value is -1.65. The number of nitrogen functional groups attached to an aromatic ring is 1. The van der Waals surface area contributed by atoms with Crippen LogP contribution in [-0.2, 0) is 0 Å². The molecule has 0 radical (unpaired) electrons. The Morgan fingerprint density at radius 1 is 1.05 bits per heavy atom. The molecule has 1 saturated carbocycles. The highest BCUT2D eigenvalue weighted by Gasteiger charge is 2.15. The Morgan fingerprint density at radius 2 is 1.73 bits per heavy atom. The number of hydrogen-bond donors (Lipinski definition) is 2. The van der Waals surface area contributed by atoms with Crippen LogP contribution < -0.4 is 11.3 Å². The van der Waals surface area contributed by atoms with Crippen LogP contribution in [0.15, 0.2) is 30.3 Å². The lowest BCUT2D eigenvalue weighted by atomic mass is 9.84. The summed E-state index contributed by atoms with van der Waals surface area (Å²) >= 11 is 0. The largest absolute Gasteiger partial charge is 0.307 e. The SMILES string of the molecule is Cc1cc(-c2ccc(C3CCCCC3)cc2)nnc1NN.Cl. The van der Waals surface area contributed by atoms with Crippen LogP contribution in [-0.4, -0.2) is 10.2 Å². The molecule has 0 bridgehead atoms. The Morgan fingerprint density at radius 3 is 2.32 bits per heavy atom. The van der Waals surface area contributed by atoms with Crippen molar-refractivity contribution in [3.63, 3.8) is 0 Å². The zero-order chi connectivity index (χ0) is 14.7. The first-order valence-electron chi connectivity index (χ1n) is 7.69. The molecule has 0 atom stereocenters. The van der Waals surface area contributed by atoms with Crippen LogP contribution in [0.1, 0.15) is 49.1 Å². The van der Waals surface area contributed by atoms with Gasteiger partial charge in [-0.3, -0.25) is 0 Å². The fraction of sp³-hybridized carbons (Fsp3) is 0.412. The summed E-state index contributed by atoms with van der Waals surface area (Å²) in [5, 5.41) is 8.33. The van der Waals surface area contributed by atoms with Gasteiger partial charge in [-0.1, -0.05) is 43.5 Å². The van der Waals surface area contributed by atoms with Crippen molar-refractivity contribution in [3.8, 4) is 11.3 Å². The quantitative estimate of drug-likeness (QED) is 0.657. The second kappa shape index (κ2) is 7.56. The lowest BCUT2D eigenvalue weighted by Gasteiger charge is -2.22. The third-order valence-corrected chi connectivity index (χ3v) is 4.40. The highest BCUT2D eigenvalue weighted by molar-refractivity contribution is 5.85. The first kappa shape index (κ1) is 16.7. The van der Waals surface area contributed by atoms with Crippen molar-refractivity contribution < 1.29 is 0 Å². The van der Waals surface area contributed by atoms with E-state index in [4.69, 9.17) is 5.84 Å². The standard InChI is InChI=1S/C17H22N4.ClH/c1-12-11-16(20-21-17(12)19-18)15-9-7-14(8-10-15)13-5-3-2-4-6-13;/h7-11,13H,2-6,18H2,1H3,(H,19,21);1H. The smallest absolute Gasteiger partial charge is 0.165 e. The number of rotatable bonds is 3. The summed E-state index contributed by atoms with van der Waals surface area (Å²) < 4.78 is 0. The highest BCUT2D eigenvalue weighted by Crippen LogP contribution is 2.33. The predicted octanol–water partition coefficient (Wildman–Crippen LogP) is 4.21. The van der Waals surface area contributed by atoms with Gasteiger partial charge in [-0.15, -0.1) is 22.6 Å². The number of nitrogens with one attached hydrogen (secondary N) is 1. The van der Waals surface area contributed by atoms with Gasteiger partial charge in [-0.05, 0) is 42.9 Å². The lowest BCUT2D eigenvalue weighted by Crippen LogP contribution is -2.11. The summed E-state index contributed by atoms with van der Waals surface area (Å²) in [5.74, 6) is 6.75. The van der Waals surface area contributed by atoms with Crippen molar-refractivity contribution in [1.29, 1.82) is 0 Å². The molecule has 0 saturated heterocycles. The molecule has 1 aliphatic carbocycles. The van der Waals surface area contributed by atoms with E-state index in [2.05, 4.69) is 39.9 Å². The number of hydrazine groups is 1. The molecule has 1 heterocycles. The lowest BCUT2D eigenvalue weighted by molar-refractivity contribution is 0.443. The molecule has 0 aliphatic heterocycles. The third kappa shape index (κ3) is 3.57. The number of nitrogens with two attached hydrogens (primary N) is 1. The molecule has 22 heavy (non-hydrogen) atoms. The molecule has 1 fully saturated rings. The number of aryl methyl sites for hydroxylation is 1. The van der Waals surface area contributed by atoms with Gasteiger partial charge in [-0.25, -0.2) is 5.84 Å². The Bertz CT molecular complexity index is 607. The van der Waals surface area contributed by atoms with Gasteiger partial charge >= 0.3 is 0 Å². The molecule has 5 heteroatoms. The number of halogens is 1. The van der Waals surface area contributed by atoms with Crippen LogP contribution in [0.2, 0.25) is 0 Å². The van der Waals surface area contributed by atoms with E-state index in [0.717, 1.165) is 22.7 Å². The van der Waals surface area contributed by atoms with E-state index in [1.54, 1.807) is 0 Å². The summed E-state index contributed by atoms with van der Waals surface area (Å²) in [4.78, 5) is 0. The first-order valence-corrected chi connectivity index (χ1v) is 7.69. The van der Waals surface area contributed by atoms with Gasteiger partial charge in [0.2, 0.25) is 0 Å². The molecule has 1 aromatic carbocycles. The molecule has 3 N–H and O–H groups in total. The van der Waals surface area contributed by atoms with E-state index in [9.17, 15) is 0 Å². The molecule has 1 aliphatic rings. The number of anilines is 1. The van der Waals surface area contributed by atoms with Crippen molar-refractivity contribution >= 4 is 18.2 Å². The minimum atomic E-state index is 0. The summed E-state index contributed by atoms with van der Waals surface area (Å²) in [7, 11) is 0. The fourth-order valence-electron chi connectivity index (χ4n) is 3.13. The fourth-order valence-corrected chi connectivity index (χ4v) is 3.13. The van der Waals surface area contributed by atoms with Gasteiger partial charge in [0, 0.05) is 5.56 Å². The maximum atomic E-state index is 5.39. The Kier molecular flexibility index (Phi) is 5.75. The topological polar surface area (TPSA) is 63.8 Å². The molecular formula is C17H23ClN4. The molecule has 2 aromatic rings. The molecule has 0 unspecified atom stereocenters. The summed E-state index contributed by atoms with van der Waals surface area (Å²) in [5.41, 5.74) is 7.01. The molecular weight excluding hydrogens is 296 g/mol. The van der Waals surface area contributed by atoms with Gasteiger partial charge in [0.25, 0.3) is 0 Å². The maximum Gasteiger partial charge on any atom is 0.165 e. The molecule has 118 valence electrons. The molecule has 4 nitrogen and oxygen atoms in total. The number of benzene rings is 1. The third-order valence-electron chi connectivity index (χ3n) is 4.40.